The Balaban J connectivity index is 2.39. The molecule has 0 amide bonds. The Bertz CT molecular complexity index is 663. The lowest BCUT2D eigenvalue weighted by atomic mass is 10.3. The molecule has 21 heavy (non-hydrogen) atoms. The minimum Gasteiger partial charge on any atom is -0.438 e. The number of nitrogens with one attached hydrogen (secondary N) is 1. The summed E-state index contributed by atoms with van der Waals surface area (Å²) in [6.07, 6.45) is -4.63. The third kappa shape index (κ3) is 3.81. The van der Waals surface area contributed by atoms with Crippen molar-refractivity contribution in [3.05, 3.63) is 40.2 Å². The van der Waals surface area contributed by atoms with Gasteiger partial charge in [0.1, 0.15) is 11.6 Å². The van der Waals surface area contributed by atoms with E-state index in [0.29, 0.717) is 6.07 Å². The number of benzene rings is 1. The van der Waals surface area contributed by atoms with Crippen LogP contribution in [0.1, 0.15) is 5.69 Å². The number of ether oxygens (including phenoxy) is 1. The second kappa shape index (κ2) is 5.84. The van der Waals surface area contributed by atoms with Crippen LogP contribution < -0.4 is 10.1 Å². The summed E-state index contributed by atoms with van der Waals surface area (Å²) in [5, 5.41) is 2.42. The van der Waals surface area contributed by atoms with Crippen LogP contribution in [0.5, 0.6) is 11.6 Å². The highest BCUT2D eigenvalue weighted by Crippen LogP contribution is 2.33. The summed E-state index contributed by atoms with van der Waals surface area (Å²) in [6, 6.07) is 4.18. The van der Waals surface area contributed by atoms with E-state index in [0.717, 1.165) is 12.1 Å². The SMILES string of the molecule is CNc1nc(Oc2ccc(F)cc2Br)cc(C(F)(F)F)n1. The van der Waals surface area contributed by atoms with Gasteiger partial charge >= 0.3 is 6.18 Å². The van der Waals surface area contributed by atoms with Gasteiger partial charge in [0, 0.05) is 13.1 Å². The Kier molecular flexibility index (Phi) is 4.31. The van der Waals surface area contributed by atoms with E-state index in [2.05, 4.69) is 31.2 Å². The van der Waals surface area contributed by atoms with Crippen LogP contribution in [-0.4, -0.2) is 17.0 Å². The molecular weight excluding hydrogens is 358 g/mol. The van der Waals surface area contributed by atoms with E-state index in [1.807, 2.05) is 0 Å². The molecule has 2 aromatic rings. The molecule has 0 atom stereocenters. The number of halogens is 5. The van der Waals surface area contributed by atoms with Crippen LogP contribution in [0.15, 0.2) is 28.7 Å². The summed E-state index contributed by atoms with van der Waals surface area (Å²) in [5.74, 6) is -0.930. The molecule has 0 saturated carbocycles. The highest BCUT2D eigenvalue weighted by atomic mass is 79.9. The molecule has 2 rings (SSSR count). The molecule has 1 aromatic carbocycles. The molecule has 0 aliphatic heterocycles. The normalized spacial score (nSPS) is 11.3. The van der Waals surface area contributed by atoms with Crippen LogP contribution in [0.3, 0.4) is 0 Å². The number of alkyl halides is 3. The third-order valence-electron chi connectivity index (χ3n) is 2.33. The van der Waals surface area contributed by atoms with Crippen LogP contribution in [0.25, 0.3) is 0 Å². The van der Waals surface area contributed by atoms with Crippen molar-refractivity contribution in [2.75, 3.05) is 12.4 Å². The zero-order valence-electron chi connectivity index (χ0n) is 10.5. The zero-order valence-corrected chi connectivity index (χ0v) is 12.1. The fraction of sp³-hybridized carbons (Fsp3) is 0.167. The van der Waals surface area contributed by atoms with Crippen molar-refractivity contribution in [3.8, 4) is 11.6 Å². The molecule has 1 N–H and O–H groups in total. The van der Waals surface area contributed by atoms with Crippen LogP contribution in [0.4, 0.5) is 23.5 Å². The minimum atomic E-state index is -4.63. The lowest BCUT2D eigenvalue weighted by Gasteiger charge is -2.11. The lowest BCUT2D eigenvalue weighted by molar-refractivity contribution is -0.141. The van der Waals surface area contributed by atoms with E-state index in [4.69, 9.17) is 4.74 Å². The summed E-state index contributed by atoms with van der Waals surface area (Å²) < 4.78 is 56.6. The number of anilines is 1. The van der Waals surface area contributed by atoms with Crippen LogP contribution >= 0.6 is 15.9 Å². The molecule has 1 heterocycles. The van der Waals surface area contributed by atoms with Gasteiger partial charge in [-0.3, -0.25) is 0 Å². The van der Waals surface area contributed by atoms with E-state index in [9.17, 15) is 17.6 Å². The zero-order chi connectivity index (χ0) is 15.6. The number of aromatic nitrogens is 2. The van der Waals surface area contributed by atoms with Gasteiger partial charge in [-0.25, -0.2) is 9.37 Å². The molecule has 0 fully saturated rings. The quantitative estimate of drug-likeness (QED) is 0.826. The van der Waals surface area contributed by atoms with E-state index < -0.39 is 17.7 Å². The Morgan fingerprint density at radius 1 is 1.19 bits per heavy atom. The minimum absolute atomic E-state index is 0.130. The molecule has 4 nitrogen and oxygen atoms in total. The van der Waals surface area contributed by atoms with Crippen molar-refractivity contribution >= 4 is 21.9 Å². The third-order valence-corrected chi connectivity index (χ3v) is 2.94. The largest absolute Gasteiger partial charge is 0.438 e. The topological polar surface area (TPSA) is 47.0 Å². The number of rotatable bonds is 3. The van der Waals surface area contributed by atoms with Crippen molar-refractivity contribution in [3.63, 3.8) is 0 Å². The molecule has 1 aromatic heterocycles. The first-order valence-electron chi connectivity index (χ1n) is 5.56. The first-order chi connectivity index (χ1) is 9.79. The van der Waals surface area contributed by atoms with Crippen LogP contribution in [-0.2, 0) is 6.18 Å². The van der Waals surface area contributed by atoms with E-state index >= 15 is 0 Å². The summed E-state index contributed by atoms with van der Waals surface area (Å²) >= 11 is 3.05. The molecule has 9 heteroatoms. The molecular formula is C12H8BrF4N3O. The predicted molar refractivity (Wildman–Crippen MR) is 70.8 cm³/mol. The van der Waals surface area contributed by atoms with Gasteiger partial charge in [-0.15, -0.1) is 0 Å². The van der Waals surface area contributed by atoms with Crippen molar-refractivity contribution in [2.24, 2.45) is 0 Å². The van der Waals surface area contributed by atoms with Gasteiger partial charge < -0.3 is 10.1 Å². The maximum absolute atomic E-state index is 13.0. The Hall–Kier alpha value is -1.90. The monoisotopic (exact) mass is 365 g/mol. The Morgan fingerprint density at radius 3 is 2.48 bits per heavy atom. The molecule has 0 radical (unpaired) electrons. The fourth-order valence-corrected chi connectivity index (χ4v) is 1.84. The average molecular weight is 366 g/mol. The molecule has 112 valence electrons. The summed E-state index contributed by atoms with van der Waals surface area (Å²) in [5.41, 5.74) is -1.14. The standard InChI is InChI=1S/C12H8BrF4N3O/c1-18-11-19-9(12(15,16)17)5-10(20-11)21-8-3-2-6(14)4-7(8)13/h2-5H,1H3,(H,18,19,20). The van der Waals surface area contributed by atoms with Gasteiger partial charge in [0.2, 0.25) is 11.8 Å². The van der Waals surface area contributed by atoms with Crippen molar-refractivity contribution in [2.45, 2.75) is 6.18 Å². The van der Waals surface area contributed by atoms with Gasteiger partial charge in [-0.05, 0) is 34.1 Å². The summed E-state index contributed by atoms with van der Waals surface area (Å²) in [6.45, 7) is 0. The number of nitrogens with zero attached hydrogens (tertiary/aromatic N) is 2. The average Bonchev–Trinajstić information content (AvgIpc) is 2.40. The maximum atomic E-state index is 13.0. The molecule has 0 spiro atoms. The number of hydrogen-bond donors (Lipinski definition) is 1. The first-order valence-corrected chi connectivity index (χ1v) is 6.36. The van der Waals surface area contributed by atoms with E-state index in [1.165, 1.54) is 13.1 Å². The van der Waals surface area contributed by atoms with Crippen molar-refractivity contribution < 1.29 is 22.3 Å². The fourth-order valence-electron chi connectivity index (χ4n) is 1.40. The molecule has 0 saturated heterocycles. The molecule has 0 aliphatic carbocycles. The predicted octanol–water partition coefficient (Wildman–Crippen LogP) is 4.23. The van der Waals surface area contributed by atoms with E-state index in [-0.39, 0.29) is 22.1 Å². The lowest BCUT2D eigenvalue weighted by Crippen LogP contribution is -2.11. The van der Waals surface area contributed by atoms with Gasteiger partial charge in [0.25, 0.3) is 0 Å². The Morgan fingerprint density at radius 2 is 1.90 bits per heavy atom. The van der Waals surface area contributed by atoms with Crippen molar-refractivity contribution in [1.82, 2.24) is 9.97 Å². The molecule has 0 unspecified atom stereocenters. The van der Waals surface area contributed by atoms with Gasteiger partial charge in [-0.1, -0.05) is 0 Å². The second-order valence-corrected chi connectivity index (χ2v) is 4.69. The summed E-state index contributed by atoms with van der Waals surface area (Å²) in [4.78, 5) is 7.07. The summed E-state index contributed by atoms with van der Waals surface area (Å²) in [7, 11) is 1.38. The van der Waals surface area contributed by atoms with E-state index in [1.54, 1.807) is 0 Å². The Labute approximate surface area is 125 Å². The smallest absolute Gasteiger partial charge is 0.433 e. The van der Waals surface area contributed by atoms with Crippen LogP contribution in [0.2, 0.25) is 0 Å². The maximum Gasteiger partial charge on any atom is 0.433 e. The highest BCUT2D eigenvalue weighted by Gasteiger charge is 2.34. The van der Waals surface area contributed by atoms with Gasteiger partial charge in [-0.2, -0.15) is 18.2 Å². The number of hydrogen-bond acceptors (Lipinski definition) is 4. The molecule has 0 bridgehead atoms. The molecule has 0 aliphatic rings. The van der Waals surface area contributed by atoms with Crippen molar-refractivity contribution in [1.29, 1.82) is 0 Å². The van der Waals surface area contributed by atoms with Gasteiger partial charge in [0.05, 0.1) is 4.47 Å². The first kappa shape index (κ1) is 15.5. The van der Waals surface area contributed by atoms with Gasteiger partial charge in [0.15, 0.2) is 5.69 Å². The highest BCUT2D eigenvalue weighted by molar-refractivity contribution is 9.10. The van der Waals surface area contributed by atoms with Crippen LogP contribution in [0, 0.1) is 5.82 Å². The second-order valence-electron chi connectivity index (χ2n) is 3.84.